The highest BCUT2D eigenvalue weighted by Gasteiger charge is 2.31. The van der Waals surface area contributed by atoms with Gasteiger partial charge in [-0.1, -0.05) is 30.3 Å². The smallest absolute Gasteiger partial charge is 0.141 e. The van der Waals surface area contributed by atoms with Gasteiger partial charge in [0.1, 0.15) is 16.5 Å². The van der Waals surface area contributed by atoms with E-state index in [-0.39, 0.29) is 6.61 Å². The van der Waals surface area contributed by atoms with Crippen LogP contribution in [0.5, 0.6) is 0 Å². The molecule has 1 fully saturated rings. The molecular weight excluding hydrogens is 306 g/mol. The molecule has 2 aromatic heterocycles. The number of hydrogen-bond acceptors (Lipinski definition) is 5. The van der Waals surface area contributed by atoms with Crippen LogP contribution in [0.25, 0.3) is 20.7 Å². The van der Waals surface area contributed by atoms with Gasteiger partial charge in [0.2, 0.25) is 0 Å². The second-order valence-corrected chi connectivity index (χ2v) is 6.97. The van der Waals surface area contributed by atoms with Crippen molar-refractivity contribution in [3.8, 4) is 10.4 Å². The van der Waals surface area contributed by atoms with E-state index in [1.807, 2.05) is 13.0 Å². The van der Waals surface area contributed by atoms with Crippen molar-refractivity contribution in [2.24, 2.45) is 0 Å². The molecule has 1 aliphatic carbocycles. The zero-order valence-corrected chi connectivity index (χ0v) is 13.9. The van der Waals surface area contributed by atoms with Crippen molar-refractivity contribution < 1.29 is 5.11 Å². The molecule has 5 heteroatoms. The quantitative estimate of drug-likeness (QED) is 0.778. The van der Waals surface area contributed by atoms with Gasteiger partial charge in [0.15, 0.2) is 0 Å². The van der Waals surface area contributed by atoms with E-state index < -0.39 is 0 Å². The summed E-state index contributed by atoms with van der Waals surface area (Å²) in [5, 5.41) is 10.5. The number of hydrogen-bond donors (Lipinski definition) is 1. The molecule has 2 heterocycles. The lowest BCUT2D eigenvalue weighted by molar-refractivity contribution is 0.301. The third kappa shape index (κ3) is 2.82. The standard InChI is InChI=1S/C18H19N3OS/c1-12-19-17(21(9-10-22)14-7-8-14)15-11-16(23-18(15)20-12)13-5-3-2-4-6-13/h2-6,11,14,22H,7-10H2,1H3. The number of aliphatic hydroxyl groups is 1. The van der Waals surface area contributed by atoms with Gasteiger partial charge in [-0.3, -0.25) is 0 Å². The topological polar surface area (TPSA) is 49.2 Å². The van der Waals surface area contributed by atoms with Gasteiger partial charge >= 0.3 is 0 Å². The van der Waals surface area contributed by atoms with Crippen LogP contribution in [0.4, 0.5) is 5.82 Å². The van der Waals surface area contributed by atoms with Gasteiger partial charge in [0.25, 0.3) is 0 Å². The third-order valence-corrected chi connectivity index (χ3v) is 5.22. The monoisotopic (exact) mass is 325 g/mol. The Morgan fingerprint density at radius 2 is 2.00 bits per heavy atom. The fourth-order valence-electron chi connectivity index (χ4n) is 2.93. The lowest BCUT2D eigenvalue weighted by atomic mass is 10.2. The van der Waals surface area contributed by atoms with E-state index >= 15 is 0 Å². The average Bonchev–Trinajstić information content (AvgIpc) is 3.31. The number of benzene rings is 1. The molecule has 0 unspecified atom stereocenters. The highest BCUT2D eigenvalue weighted by atomic mass is 32.1. The van der Waals surface area contributed by atoms with E-state index in [1.54, 1.807) is 11.3 Å². The van der Waals surface area contributed by atoms with Crippen LogP contribution in [-0.2, 0) is 0 Å². The van der Waals surface area contributed by atoms with Gasteiger partial charge in [-0.25, -0.2) is 9.97 Å². The Hall–Kier alpha value is -1.98. The number of aryl methyl sites for hydroxylation is 1. The first-order valence-corrected chi connectivity index (χ1v) is 8.79. The molecule has 1 aliphatic rings. The molecule has 0 saturated heterocycles. The van der Waals surface area contributed by atoms with E-state index in [0.717, 1.165) is 21.9 Å². The molecule has 118 valence electrons. The van der Waals surface area contributed by atoms with E-state index in [0.29, 0.717) is 12.6 Å². The molecule has 0 bridgehead atoms. The minimum absolute atomic E-state index is 0.150. The van der Waals surface area contributed by atoms with Gasteiger partial charge in [-0.2, -0.15) is 0 Å². The summed E-state index contributed by atoms with van der Waals surface area (Å²) >= 11 is 1.71. The van der Waals surface area contributed by atoms with Gasteiger partial charge in [-0.05, 0) is 31.4 Å². The molecule has 3 aromatic rings. The Bertz CT molecular complexity index is 827. The van der Waals surface area contributed by atoms with Crippen LogP contribution >= 0.6 is 11.3 Å². The minimum atomic E-state index is 0.150. The molecule has 4 rings (SSSR count). The highest BCUT2D eigenvalue weighted by Crippen LogP contribution is 2.39. The molecular formula is C18H19N3OS. The molecule has 4 nitrogen and oxygen atoms in total. The average molecular weight is 325 g/mol. The molecule has 23 heavy (non-hydrogen) atoms. The van der Waals surface area contributed by atoms with E-state index in [1.165, 1.54) is 23.3 Å². The maximum absolute atomic E-state index is 9.42. The van der Waals surface area contributed by atoms with Crippen LogP contribution in [-0.4, -0.2) is 34.3 Å². The lowest BCUT2D eigenvalue weighted by Crippen LogP contribution is -2.30. The molecule has 1 saturated carbocycles. The van der Waals surface area contributed by atoms with Crippen LogP contribution in [0.2, 0.25) is 0 Å². The predicted octanol–water partition coefficient (Wildman–Crippen LogP) is 3.63. The number of anilines is 1. The summed E-state index contributed by atoms with van der Waals surface area (Å²) in [6, 6.07) is 13.1. The van der Waals surface area contributed by atoms with Crippen molar-refractivity contribution in [2.45, 2.75) is 25.8 Å². The third-order valence-electron chi connectivity index (χ3n) is 4.14. The van der Waals surface area contributed by atoms with Crippen molar-refractivity contribution in [2.75, 3.05) is 18.1 Å². The van der Waals surface area contributed by atoms with Crippen molar-refractivity contribution in [1.29, 1.82) is 0 Å². The van der Waals surface area contributed by atoms with Crippen molar-refractivity contribution in [3.63, 3.8) is 0 Å². The summed E-state index contributed by atoms with van der Waals surface area (Å²) in [5.41, 5.74) is 1.21. The molecule has 0 amide bonds. The fourth-order valence-corrected chi connectivity index (χ4v) is 4.01. The Labute approximate surface area is 139 Å². The van der Waals surface area contributed by atoms with Crippen LogP contribution in [0.15, 0.2) is 36.4 Å². The SMILES string of the molecule is Cc1nc(N(CCO)C2CC2)c2cc(-c3ccccc3)sc2n1. The lowest BCUT2D eigenvalue weighted by Gasteiger charge is -2.23. The number of rotatable bonds is 5. The van der Waals surface area contributed by atoms with Gasteiger partial charge < -0.3 is 10.0 Å². The second kappa shape index (κ2) is 5.91. The van der Waals surface area contributed by atoms with Crippen LogP contribution in [0, 0.1) is 6.92 Å². The molecule has 1 aromatic carbocycles. The fraction of sp³-hybridized carbons (Fsp3) is 0.333. The van der Waals surface area contributed by atoms with Crippen LogP contribution < -0.4 is 4.90 Å². The van der Waals surface area contributed by atoms with Crippen molar-refractivity contribution in [1.82, 2.24) is 9.97 Å². The summed E-state index contributed by atoms with van der Waals surface area (Å²) in [7, 11) is 0. The second-order valence-electron chi connectivity index (χ2n) is 5.94. The maximum Gasteiger partial charge on any atom is 0.141 e. The van der Waals surface area contributed by atoms with Crippen LogP contribution in [0.3, 0.4) is 0 Å². The van der Waals surface area contributed by atoms with Gasteiger partial charge in [0, 0.05) is 17.5 Å². The first kappa shape index (κ1) is 14.6. The van der Waals surface area contributed by atoms with Crippen LogP contribution in [0.1, 0.15) is 18.7 Å². The Morgan fingerprint density at radius 1 is 1.22 bits per heavy atom. The Kier molecular flexibility index (Phi) is 3.75. The van der Waals surface area contributed by atoms with Crippen molar-refractivity contribution >= 4 is 27.4 Å². The first-order valence-electron chi connectivity index (χ1n) is 7.97. The molecule has 0 radical (unpaired) electrons. The van der Waals surface area contributed by atoms with E-state index in [4.69, 9.17) is 4.98 Å². The number of nitrogens with zero attached hydrogens (tertiary/aromatic N) is 3. The van der Waals surface area contributed by atoms with Gasteiger partial charge in [0.05, 0.1) is 12.0 Å². The maximum atomic E-state index is 9.42. The zero-order valence-electron chi connectivity index (χ0n) is 13.1. The van der Waals surface area contributed by atoms with E-state index in [2.05, 4.69) is 40.2 Å². The number of thiophene rings is 1. The summed E-state index contributed by atoms with van der Waals surface area (Å²) < 4.78 is 0. The van der Waals surface area contributed by atoms with Crippen molar-refractivity contribution in [3.05, 3.63) is 42.2 Å². The number of aromatic nitrogens is 2. The Morgan fingerprint density at radius 3 is 2.70 bits per heavy atom. The Balaban J connectivity index is 1.85. The largest absolute Gasteiger partial charge is 0.395 e. The first-order chi connectivity index (χ1) is 11.3. The summed E-state index contributed by atoms with van der Waals surface area (Å²) in [5.74, 6) is 1.76. The number of aliphatic hydroxyl groups excluding tert-OH is 1. The zero-order chi connectivity index (χ0) is 15.8. The minimum Gasteiger partial charge on any atom is -0.395 e. The predicted molar refractivity (Wildman–Crippen MR) is 95.0 cm³/mol. The number of fused-ring (bicyclic) bond motifs is 1. The molecule has 0 aliphatic heterocycles. The van der Waals surface area contributed by atoms with Gasteiger partial charge in [-0.15, -0.1) is 11.3 Å². The molecule has 0 atom stereocenters. The summed E-state index contributed by atoms with van der Waals surface area (Å²) in [4.78, 5) is 13.8. The summed E-state index contributed by atoms with van der Waals surface area (Å²) in [6.07, 6.45) is 2.36. The normalized spacial score (nSPS) is 14.3. The molecule has 0 spiro atoms. The van der Waals surface area contributed by atoms with E-state index in [9.17, 15) is 5.11 Å². The highest BCUT2D eigenvalue weighted by molar-refractivity contribution is 7.21. The summed E-state index contributed by atoms with van der Waals surface area (Å²) in [6.45, 7) is 2.72. The molecule has 1 N–H and O–H groups in total.